The standard InChI is InChI=1S/C20H18ClNO2/c1-11-9-12(2)19-15(10-11)18(14-7-5-6-8-16(14)21)17(13(3)22-19)20(23)24-4/h5-10H,1-4H3. The van der Waals surface area contributed by atoms with Gasteiger partial charge in [0.2, 0.25) is 0 Å². The van der Waals surface area contributed by atoms with Crippen molar-refractivity contribution in [2.75, 3.05) is 7.11 Å². The molecule has 122 valence electrons. The van der Waals surface area contributed by atoms with Crippen molar-refractivity contribution in [3.05, 3.63) is 63.8 Å². The predicted molar refractivity (Wildman–Crippen MR) is 97.7 cm³/mol. The highest BCUT2D eigenvalue weighted by Gasteiger charge is 2.23. The molecule has 0 bridgehead atoms. The number of pyridine rings is 1. The Kier molecular flexibility index (Phi) is 4.29. The van der Waals surface area contributed by atoms with Crippen LogP contribution in [-0.2, 0) is 4.74 Å². The fraction of sp³-hybridized carbons (Fsp3) is 0.200. The summed E-state index contributed by atoms with van der Waals surface area (Å²) in [5.41, 5.74) is 5.73. The second kappa shape index (κ2) is 6.25. The average Bonchev–Trinajstić information content (AvgIpc) is 2.54. The number of aromatic nitrogens is 1. The summed E-state index contributed by atoms with van der Waals surface area (Å²) in [6, 6.07) is 11.6. The second-order valence-corrected chi connectivity index (χ2v) is 6.30. The topological polar surface area (TPSA) is 39.2 Å². The molecule has 24 heavy (non-hydrogen) atoms. The van der Waals surface area contributed by atoms with Gasteiger partial charge in [-0.05, 0) is 38.5 Å². The lowest BCUT2D eigenvalue weighted by molar-refractivity contribution is 0.0600. The number of rotatable bonds is 2. The summed E-state index contributed by atoms with van der Waals surface area (Å²) < 4.78 is 5.01. The summed E-state index contributed by atoms with van der Waals surface area (Å²) in [5, 5.41) is 1.50. The van der Waals surface area contributed by atoms with Crippen LogP contribution in [0.1, 0.15) is 27.2 Å². The number of methoxy groups -OCH3 is 1. The molecule has 0 fully saturated rings. The van der Waals surface area contributed by atoms with E-state index in [4.69, 9.17) is 16.3 Å². The number of ether oxygens (including phenoxy) is 1. The van der Waals surface area contributed by atoms with Gasteiger partial charge in [-0.3, -0.25) is 4.98 Å². The minimum absolute atomic E-state index is 0.407. The molecule has 1 heterocycles. The van der Waals surface area contributed by atoms with Crippen molar-refractivity contribution >= 4 is 28.5 Å². The number of fused-ring (bicyclic) bond motifs is 1. The number of carbonyl (C=O) groups excluding carboxylic acids is 1. The van der Waals surface area contributed by atoms with Crippen LogP contribution in [0.3, 0.4) is 0 Å². The highest BCUT2D eigenvalue weighted by atomic mass is 35.5. The third-order valence-electron chi connectivity index (χ3n) is 4.14. The average molecular weight is 340 g/mol. The molecule has 0 radical (unpaired) electrons. The molecule has 0 saturated carbocycles. The maximum atomic E-state index is 12.4. The lowest BCUT2D eigenvalue weighted by Crippen LogP contribution is -2.09. The van der Waals surface area contributed by atoms with Crippen LogP contribution in [0.4, 0.5) is 0 Å². The Morgan fingerprint density at radius 2 is 1.83 bits per heavy atom. The first-order chi connectivity index (χ1) is 11.4. The van der Waals surface area contributed by atoms with Gasteiger partial charge in [-0.25, -0.2) is 4.79 Å². The molecule has 0 unspecified atom stereocenters. The number of carbonyl (C=O) groups is 1. The van der Waals surface area contributed by atoms with Crippen molar-refractivity contribution in [2.45, 2.75) is 20.8 Å². The minimum atomic E-state index is -0.407. The van der Waals surface area contributed by atoms with E-state index in [1.165, 1.54) is 7.11 Å². The molecule has 0 amide bonds. The van der Waals surface area contributed by atoms with Crippen LogP contribution in [-0.4, -0.2) is 18.1 Å². The molecule has 3 aromatic rings. The molecule has 0 atom stereocenters. The van der Waals surface area contributed by atoms with Gasteiger partial charge in [-0.2, -0.15) is 0 Å². The van der Waals surface area contributed by atoms with Crippen molar-refractivity contribution < 1.29 is 9.53 Å². The molecule has 2 aromatic carbocycles. The van der Waals surface area contributed by atoms with Crippen LogP contribution in [0, 0.1) is 20.8 Å². The van der Waals surface area contributed by atoms with Crippen LogP contribution in [0.2, 0.25) is 5.02 Å². The van der Waals surface area contributed by atoms with Gasteiger partial charge in [0.25, 0.3) is 0 Å². The van der Waals surface area contributed by atoms with Crippen LogP contribution < -0.4 is 0 Å². The normalized spacial score (nSPS) is 10.9. The fourth-order valence-electron chi connectivity index (χ4n) is 3.13. The summed E-state index contributed by atoms with van der Waals surface area (Å²) >= 11 is 6.44. The third-order valence-corrected chi connectivity index (χ3v) is 4.47. The van der Waals surface area contributed by atoms with Gasteiger partial charge in [0.05, 0.1) is 23.9 Å². The highest BCUT2D eigenvalue weighted by molar-refractivity contribution is 6.34. The quantitative estimate of drug-likeness (QED) is 0.597. The molecule has 1 aromatic heterocycles. The lowest BCUT2D eigenvalue weighted by atomic mass is 9.92. The van der Waals surface area contributed by atoms with E-state index in [0.29, 0.717) is 16.3 Å². The van der Waals surface area contributed by atoms with E-state index in [9.17, 15) is 4.79 Å². The van der Waals surface area contributed by atoms with Crippen LogP contribution in [0.25, 0.3) is 22.0 Å². The molecule has 0 aliphatic carbocycles. The zero-order valence-electron chi connectivity index (χ0n) is 14.1. The molecule has 0 saturated heterocycles. The number of hydrogen-bond donors (Lipinski definition) is 0. The number of aryl methyl sites for hydroxylation is 3. The molecular weight excluding hydrogens is 322 g/mol. The summed E-state index contributed by atoms with van der Waals surface area (Å²) in [6.07, 6.45) is 0. The molecule has 3 rings (SSSR count). The Bertz CT molecular complexity index is 964. The number of hydrogen-bond acceptors (Lipinski definition) is 3. The van der Waals surface area contributed by atoms with Gasteiger partial charge in [0, 0.05) is 21.5 Å². The van der Waals surface area contributed by atoms with Gasteiger partial charge >= 0.3 is 5.97 Å². The third kappa shape index (κ3) is 2.65. The number of benzene rings is 2. The Balaban J connectivity index is 2.55. The number of halogens is 1. The maximum Gasteiger partial charge on any atom is 0.340 e. The monoisotopic (exact) mass is 339 g/mol. The first kappa shape index (κ1) is 16.5. The van der Waals surface area contributed by atoms with E-state index >= 15 is 0 Å². The van der Waals surface area contributed by atoms with Gasteiger partial charge in [-0.15, -0.1) is 0 Å². The van der Waals surface area contributed by atoms with Crippen LogP contribution >= 0.6 is 11.6 Å². The number of esters is 1. The van der Waals surface area contributed by atoms with Gasteiger partial charge in [-0.1, -0.05) is 41.4 Å². The molecule has 3 nitrogen and oxygen atoms in total. The van der Waals surface area contributed by atoms with Crippen molar-refractivity contribution in [2.24, 2.45) is 0 Å². The second-order valence-electron chi connectivity index (χ2n) is 5.90. The smallest absolute Gasteiger partial charge is 0.340 e. The molecule has 0 spiro atoms. The summed E-state index contributed by atoms with van der Waals surface area (Å²) in [5.74, 6) is -0.407. The van der Waals surface area contributed by atoms with Crippen molar-refractivity contribution in [3.8, 4) is 11.1 Å². The SMILES string of the molecule is COC(=O)c1c(C)nc2c(C)cc(C)cc2c1-c1ccccc1Cl. The zero-order valence-corrected chi connectivity index (χ0v) is 14.9. The summed E-state index contributed by atoms with van der Waals surface area (Å²) in [4.78, 5) is 17.1. The van der Waals surface area contributed by atoms with Crippen molar-refractivity contribution in [3.63, 3.8) is 0 Å². The Morgan fingerprint density at radius 1 is 1.12 bits per heavy atom. The van der Waals surface area contributed by atoms with Gasteiger partial charge < -0.3 is 4.74 Å². The van der Waals surface area contributed by atoms with Gasteiger partial charge in [0.1, 0.15) is 0 Å². The summed E-state index contributed by atoms with van der Waals surface area (Å²) in [7, 11) is 1.38. The molecule has 4 heteroatoms. The predicted octanol–water partition coefficient (Wildman–Crippen LogP) is 5.27. The molecular formula is C20H18ClNO2. The van der Waals surface area contributed by atoms with Crippen molar-refractivity contribution in [1.82, 2.24) is 4.98 Å². The van der Waals surface area contributed by atoms with Crippen LogP contribution in [0.5, 0.6) is 0 Å². The Morgan fingerprint density at radius 3 is 2.50 bits per heavy atom. The first-order valence-corrected chi connectivity index (χ1v) is 8.06. The fourth-order valence-corrected chi connectivity index (χ4v) is 3.36. The maximum absolute atomic E-state index is 12.4. The largest absolute Gasteiger partial charge is 0.465 e. The molecule has 0 aliphatic rings. The van der Waals surface area contributed by atoms with Crippen molar-refractivity contribution in [1.29, 1.82) is 0 Å². The first-order valence-electron chi connectivity index (χ1n) is 7.68. The summed E-state index contributed by atoms with van der Waals surface area (Å²) in [6.45, 7) is 5.88. The zero-order chi connectivity index (χ0) is 17.4. The van der Waals surface area contributed by atoms with Gasteiger partial charge in [0.15, 0.2) is 0 Å². The molecule has 0 aliphatic heterocycles. The van der Waals surface area contributed by atoms with E-state index in [1.807, 2.05) is 51.1 Å². The van der Waals surface area contributed by atoms with E-state index in [2.05, 4.69) is 11.1 Å². The Hall–Kier alpha value is -2.39. The van der Waals surface area contributed by atoms with E-state index in [0.717, 1.165) is 33.2 Å². The van der Waals surface area contributed by atoms with E-state index in [-0.39, 0.29) is 0 Å². The van der Waals surface area contributed by atoms with Crippen LogP contribution in [0.15, 0.2) is 36.4 Å². The molecule has 0 N–H and O–H groups in total. The lowest BCUT2D eigenvalue weighted by Gasteiger charge is -2.17. The highest BCUT2D eigenvalue weighted by Crippen LogP contribution is 2.38. The van der Waals surface area contributed by atoms with E-state index in [1.54, 1.807) is 0 Å². The van der Waals surface area contributed by atoms with E-state index < -0.39 is 5.97 Å². The Labute approximate surface area is 146 Å². The minimum Gasteiger partial charge on any atom is -0.465 e. The number of nitrogens with zero attached hydrogens (tertiary/aromatic N) is 1.